The highest BCUT2D eigenvalue weighted by atomic mass is 16.6. The second kappa shape index (κ2) is 8.78. The Hall–Kier alpha value is -2.37. The van der Waals surface area contributed by atoms with Crippen LogP contribution in [0.25, 0.3) is 0 Å². The summed E-state index contributed by atoms with van der Waals surface area (Å²) >= 11 is 0. The molecule has 0 saturated carbocycles. The van der Waals surface area contributed by atoms with Crippen LogP contribution in [0.3, 0.4) is 0 Å². The van der Waals surface area contributed by atoms with Crippen LogP contribution in [0, 0.1) is 0 Å². The van der Waals surface area contributed by atoms with Gasteiger partial charge in [-0.25, -0.2) is 4.79 Å². The van der Waals surface area contributed by atoms with Crippen molar-refractivity contribution >= 4 is 6.09 Å². The van der Waals surface area contributed by atoms with E-state index < -0.39 is 11.3 Å². The minimum absolute atomic E-state index is 0.226. The zero-order valence-electron chi connectivity index (χ0n) is 18.7. The molecule has 0 aromatic heterocycles. The zero-order valence-corrected chi connectivity index (χ0v) is 18.7. The zero-order chi connectivity index (χ0) is 21.9. The van der Waals surface area contributed by atoms with Crippen molar-refractivity contribution in [2.75, 3.05) is 0 Å². The summed E-state index contributed by atoms with van der Waals surface area (Å²) in [6, 6.07) is 19.8. The molecule has 1 saturated heterocycles. The molecule has 0 aliphatic carbocycles. The van der Waals surface area contributed by atoms with Gasteiger partial charge in [-0.2, -0.15) is 0 Å². The van der Waals surface area contributed by atoms with E-state index in [1.807, 2.05) is 71.0 Å². The minimum atomic E-state index is -0.819. The molecule has 5 heteroatoms. The largest absolute Gasteiger partial charge is 0.444 e. The van der Waals surface area contributed by atoms with Crippen LogP contribution in [0.2, 0.25) is 0 Å². The molecule has 5 nitrogen and oxygen atoms in total. The van der Waals surface area contributed by atoms with Gasteiger partial charge < -0.3 is 15.2 Å². The van der Waals surface area contributed by atoms with Crippen LogP contribution in [-0.4, -0.2) is 40.5 Å². The van der Waals surface area contributed by atoms with Crippen LogP contribution in [0.15, 0.2) is 60.7 Å². The number of rotatable bonds is 5. The Morgan fingerprint density at radius 1 is 1.07 bits per heavy atom. The molecule has 162 valence electrons. The fourth-order valence-corrected chi connectivity index (χ4v) is 4.12. The van der Waals surface area contributed by atoms with Crippen molar-refractivity contribution in [1.82, 2.24) is 4.90 Å². The van der Waals surface area contributed by atoms with E-state index in [0.717, 1.165) is 11.1 Å². The van der Waals surface area contributed by atoms with Crippen molar-refractivity contribution in [1.29, 1.82) is 0 Å². The first kappa shape index (κ1) is 22.3. The number of hydrogen-bond donors (Lipinski definition) is 1. The highest BCUT2D eigenvalue weighted by Gasteiger charge is 2.52. The Kier molecular flexibility index (Phi) is 6.53. The fourth-order valence-electron chi connectivity index (χ4n) is 4.12. The van der Waals surface area contributed by atoms with Gasteiger partial charge in [0.2, 0.25) is 0 Å². The number of benzene rings is 2. The number of hydrogen-bond acceptors (Lipinski definition) is 4. The number of nitrogens with zero attached hydrogens (tertiary/aromatic N) is 1. The molecule has 0 bridgehead atoms. The van der Waals surface area contributed by atoms with Gasteiger partial charge in [0.25, 0.3) is 0 Å². The molecular weight excluding hydrogens is 376 g/mol. The topological polar surface area (TPSA) is 64.8 Å². The highest BCUT2D eigenvalue weighted by molar-refractivity contribution is 5.70. The van der Waals surface area contributed by atoms with Crippen molar-refractivity contribution in [3.63, 3.8) is 0 Å². The van der Waals surface area contributed by atoms with Crippen molar-refractivity contribution in [3.8, 4) is 0 Å². The smallest absolute Gasteiger partial charge is 0.412 e. The average Bonchev–Trinajstić information content (AvgIpc) is 2.92. The highest BCUT2D eigenvalue weighted by Crippen LogP contribution is 2.37. The summed E-state index contributed by atoms with van der Waals surface area (Å²) in [4.78, 5) is 14.9. The van der Waals surface area contributed by atoms with Crippen molar-refractivity contribution in [2.45, 2.75) is 77.0 Å². The summed E-state index contributed by atoms with van der Waals surface area (Å²) < 4.78 is 12.2. The minimum Gasteiger partial charge on any atom is -0.444 e. The van der Waals surface area contributed by atoms with Gasteiger partial charge in [-0.05, 0) is 58.6 Å². The molecule has 30 heavy (non-hydrogen) atoms. The standard InChI is InChI=1S/C25H34N2O3/c1-24(2,3)30-23(28)27-21(17-19-14-10-7-11-15-19)22(29-25(27,4)5)20(26)16-18-12-8-6-9-13-18/h6-15,20-22H,16-17,26H2,1-5H3/t20-,21-,22-/m0/s1. The van der Waals surface area contributed by atoms with E-state index in [1.54, 1.807) is 4.90 Å². The van der Waals surface area contributed by atoms with Gasteiger partial charge in [0.15, 0.2) is 0 Å². The van der Waals surface area contributed by atoms with E-state index in [0.29, 0.717) is 12.8 Å². The molecule has 1 heterocycles. The molecule has 0 spiro atoms. The van der Waals surface area contributed by atoms with Crippen LogP contribution in [0.1, 0.15) is 45.7 Å². The normalized spacial score (nSPS) is 22.0. The van der Waals surface area contributed by atoms with E-state index >= 15 is 0 Å². The second-order valence-electron chi connectivity index (χ2n) is 9.49. The lowest BCUT2D eigenvalue weighted by Gasteiger charge is -2.35. The van der Waals surface area contributed by atoms with Crippen LogP contribution in [0.4, 0.5) is 4.79 Å². The summed E-state index contributed by atoms with van der Waals surface area (Å²) in [6.07, 6.45) is 0.641. The van der Waals surface area contributed by atoms with Gasteiger partial charge >= 0.3 is 6.09 Å². The van der Waals surface area contributed by atoms with Gasteiger partial charge in [-0.1, -0.05) is 60.7 Å². The molecule has 0 radical (unpaired) electrons. The van der Waals surface area contributed by atoms with Crippen molar-refractivity contribution < 1.29 is 14.3 Å². The summed E-state index contributed by atoms with van der Waals surface area (Å²) in [7, 11) is 0. The lowest BCUT2D eigenvalue weighted by Crippen LogP contribution is -2.52. The predicted molar refractivity (Wildman–Crippen MR) is 119 cm³/mol. The van der Waals surface area contributed by atoms with Gasteiger partial charge in [0, 0.05) is 6.04 Å². The molecule has 0 unspecified atom stereocenters. The molecule has 3 atom stereocenters. The van der Waals surface area contributed by atoms with E-state index in [9.17, 15) is 4.79 Å². The van der Waals surface area contributed by atoms with E-state index in [4.69, 9.17) is 15.2 Å². The summed E-state index contributed by atoms with van der Waals surface area (Å²) in [6.45, 7) is 9.44. The van der Waals surface area contributed by atoms with E-state index in [2.05, 4.69) is 24.3 Å². The van der Waals surface area contributed by atoms with Gasteiger partial charge in [-0.3, -0.25) is 4.90 Å². The van der Waals surface area contributed by atoms with Crippen LogP contribution >= 0.6 is 0 Å². The summed E-state index contributed by atoms with van der Waals surface area (Å²) in [5.74, 6) is 0. The Morgan fingerprint density at radius 2 is 1.60 bits per heavy atom. The molecule has 2 aromatic rings. The predicted octanol–water partition coefficient (Wildman–Crippen LogP) is 4.54. The van der Waals surface area contributed by atoms with Crippen molar-refractivity contribution in [3.05, 3.63) is 71.8 Å². The van der Waals surface area contributed by atoms with Gasteiger partial charge in [0.05, 0.1) is 12.1 Å². The summed E-state index contributed by atoms with van der Waals surface area (Å²) in [5.41, 5.74) is 7.54. The third-order valence-corrected chi connectivity index (χ3v) is 5.33. The molecule has 3 rings (SSSR count). The average molecular weight is 411 g/mol. The summed E-state index contributed by atoms with van der Waals surface area (Å²) in [5, 5.41) is 0. The lowest BCUT2D eigenvalue weighted by molar-refractivity contribution is -0.0825. The van der Waals surface area contributed by atoms with Crippen LogP contribution < -0.4 is 5.73 Å². The molecule has 1 aliphatic rings. The molecule has 1 aliphatic heterocycles. The first-order chi connectivity index (χ1) is 14.1. The third-order valence-electron chi connectivity index (χ3n) is 5.33. The maximum atomic E-state index is 13.2. The molecular formula is C25H34N2O3. The molecule has 1 amide bonds. The second-order valence-corrected chi connectivity index (χ2v) is 9.49. The van der Waals surface area contributed by atoms with E-state index in [1.165, 1.54) is 0 Å². The Morgan fingerprint density at radius 3 is 2.13 bits per heavy atom. The number of carbonyl (C=O) groups is 1. The number of ether oxygens (including phenoxy) is 2. The molecule has 2 aromatic carbocycles. The van der Waals surface area contributed by atoms with Crippen LogP contribution in [-0.2, 0) is 22.3 Å². The first-order valence-corrected chi connectivity index (χ1v) is 10.6. The maximum absolute atomic E-state index is 13.2. The third kappa shape index (κ3) is 5.41. The number of carbonyl (C=O) groups excluding carboxylic acids is 1. The SMILES string of the molecule is CC(C)(C)OC(=O)N1[C@@H](Cc2ccccc2)[C@H]([C@@H](N)Cc2ccccc2)OC1(C)C. The Labute approximate surface area is 180 Å². The Bertz CT molecular complexity index is 830. The van der Waals surface area contributed by atoms with Crippen LogP contribution in [0.5, 0.6) is 0 Å². The Balaban J connectivity index is 1.90. The first-order valence-electron chi connectivity index (χ1n) is 10.6. The number of nitrogens with two attached hydrogens (primary N) is 1. The molecule has 2 N–H and O–H groups in total. The van der Waals surface area contributed by atoms with E-state index in [-0.39, 0.29) is 24.3 Å². The van der Waals surface area contributed by atoms with Gasteiger partial charge in [-0.15, -0.1) is 0 Å². The number of amides is 1. The molecule has 1 fully saturated rings. The maximum Gasteiger partial charge on any atom is 0.412 e. The quantitative estimate of drug-likeness (QED) is 0.786. The van der Waals surface area contributed by atoms with Crippen molar-refractivity contribution in [2.24, 2.45) is 5.73 Å². The lowest BCUT2D eigenvalue weighted by atomic mass is 9.93. The van der Waals surface area contributed by atoms with Gasteiger partial charge in [0.1, 0.15) is 11.3 Å². The monoisotopic (exact) mass is 410 g/mol. The fraction of sp³-hybridized carbons (Fsp3) is 0.480.